The molecular weight excluding hydrogens is 398 g/mol. The van der Waals surface area contributed by atoms with E-state index in [0.717, 1.165) is 0 Å². The third-order valence-corrected chi connectivity index (χ3v) is 4.56. The Hall–Kier alpha value is -1.89. The molecule has 168 valence electrons. The normalized spacial score (nSPS) is 13.8. The first-order valence-electron chi connectivity index (χ1n) is 9.70. The Bertz CT molecular complexity index is 536. The highest BCUT2D eigenvalue weighted by Crippen LogP contribution is 2.04. The molecule has 0 heterocycles. The molecule has 0 saturated heterocycles. The summed E-state index contributed by atoms with van der Waals surface area (Å²) in [5, 5.41) is 7.52. The van der Waals surface area contributed by atoms with Crippen molar-refractivity contribution >= 4 is 36.3 Å². The van der Waals surface area contributed by atoms with Gasteiger partial charge in [-0.3, -0.25) is 19.2 Å². The molecule has 11 nitrogen and oxygen atoms in total. The van der Waals surface area contributed by atoms with Crippen molar-refractivity contribution in [2.45, 2.75) is 56.7 Å². The van der Waals surface area contributed by atoms with Crippen LogP contribution < -0.4 is 38.9 Å². The number of thiol groups is 1. The summed E-state index contributed by atoms with van der Waals surface area (Å²) in [4.78, 5) is 48.0. The Kier molecular flexibility index (Phi) is 14.9. The molecule has 3 atom stereocenters. The SMILES string of the molecule is NCCCC[C@H](NC(=O)[C@H](CCCCN)NC(=O)CNC(=O)[C@@H](N)CS)C(N)=O. The summed E-state index contributed by atoms with van der Waals surface area (Å²) < 4.78 is 0. The molecular formula is C17H35N7O4S. The van der Waals surface area contributed by atoms with E-state index in [4.69, 9.17) is 22.9 Å². The van der Waals surface area contributed by atoms with Gasteiger partial charge < -0.3 is 38.9 Å². The number of hydrogen-bond acceptors (Lipinski definition) is 8. The number of hydrogen-bond donors (Lipinski definition) is 8. The van der Waals surface area contributed by atoms with Crippen LogP contribution in [0.5, 0.6) is 0 Å². The van der Waals surface area contributed by atoms with E-state index >= 15 is 0 Å². The van der Waals surface area contributed by atoms with E-state index in [1.165, 1.54) is 0 Å². The first-order valence-corrected chi connectivity index (χ1v) is 10.3. The summed E-state index contributed by atoms with van der Waals surface area (Å²) in [5.74, 6) is -2.12. The topological polar surface area (TPSA) is 208 Å². The third-order valence-electron chi connectivity index (χ3n) is 4.16. The van der Waals surface area contributed by atoms with Crippen LogP contribution in [0.15, 0.2) is 0 Å². The molecule has 0 rings (SSSR count). The molecule has 0 saturated carbocycles. The van der Waals surface area contributed by atoms with Gasteiger partial charge in [0, 0.05) is 5.75 Å². The number of unbranched alkanes of at least 4 members (excludes halogenated alkanes) is 2. The third kappa shape index (κ3) is 12.3. The highest BCUT2D eigenvalue weighted by atomic mass is 32.1. The number of amides is 4. The molecule has 29 heavy (non-hydrogen) atoms. The van der Waals surface area contributed by atoms with Gasteiger partial charge in [0.25, 0.3) is 0 Å². The van der Waals surface area contributed by atoms with Crippen molar-refractivity contribution in [3.05, 3.63) is 0 Å². The second-order valence-corrected chi connectivity index (χ2v) is 7.02. The highest BCUT2D eigenvalue weighted by molar-refractivity contribution is 7.80. The van der Waals surface area contributed by atoms with E-state index < -0.39 is 41.8 Å². The summed E-state index contributed by atoms with van der Waals surface area (Å²) in [6, 6.07) is -2.57. The van der Waals surface area contributed by atoms with E-state index in [0.29, 0.717) is 51.6 Å². The molecule has 0 radical (unpaired) electrons. The number of primary amides is 1. The van der Waals surface area contributed by atoms with Crippen molar-refractivity contribution in [2.24, 2.45) is 22.9 Å². The van der Waals surface area contributed by atoms with Crippen LogP contribution in [0.2, 0.25) is 0 Å². The van der Waals surface area contributed by atoms with Gasteiger partial charge in [0.15, 0.2) is 0 Å². The molecule has 12 heteroatoms. The zero-order chi connectivity index (χ0) is 22.2. The minimum atomic E-state index is -0.888. The van der Waals surface area contributed by atoms with Crippen LogP contribution in [-0.2, 0) is 19.2 Å². The Labute approximate surface area is 176 Å². The van der Waals surface area contributed by atoms with Crippen LogP contribution in [0.25, 0.3) is 0 Å². The van der Waals surface area contributed by atoms with Crippen molar-refractivity contribution in [3.8, 4) is 0 Å². The van der Waals surface area contributed by atoms with E-state index in [-0.39, 0.29) is 12.3 Å². The van der Waals surface area contributed by atoms with Gasteiger partial charge in [-0.25, -0.2) is 0 Å². The molecule has 0 aromatic carbocycles. The van der Waals surface area contributed by atoms with Crippen molar-refractivity contribution in [1.29, 1.82) is 0 Å². The first-order chi connectivity index (χ1) is 13.8. The van der Waals surface area contributed by atoms with E-state index in [9.17, 15) is 19.2 Å². The fourth-order valence-corrected chi connectivity index (χ4v) is 2.60. The average Bonchev–Trinajstić information content (AvgIpc) is 2.69. The zero-order valence-electron chi connectivity index (χ0n) is 16.7. The maximum Gasteiger partial charge on any atom is 0.243 e. The van der Waals surface area contributed by atoms with Crippen LogP contribution in [0.4, 0.5) is 0 Å². The minimum absolute atomic E-state index is 0.135. The Morgan fingerprint density at radius 2 is 1.38 bits per heavy atom. The summed E-state index contributed by atoms with van der Waals surface area (Å²) in [6.07, 6.45) is 3.28. The molecule has 0 spiro atoms. The van der Waals surface area contributed by atoms with Gasteiger partial charge in [0.05, 0.1) is 12.6 Å². The quantitative estimate of drug-likeness (QED) is 0.0937. The molecule has 0 aliphatic rings. The smallest absolute Gasteiger partial charge is 0.243 e. The standard InChI is InChI=1S/C17H35N7O4S/c18-7-3-1-5-12(15(21)26)24-17(28)13(6-2-4-8-19)23-14(25)9-22-16(27)11(20)10-29/h11-13,29H,1-10,18-20H2,(H2,21,26)(H,22,27)(H,23,25)(H,24,28)/t11-,12-,13-/m0/s1. The lowest BCUT2D eigenvalue weighted by molar-refractivity contribution is -0.132. The van der Waals surface area contributed by atoms with Crippen LogP contribution in [0.1, 0.15) is 38.5 Å². The number of nitrogens with two attached hydrogens (primary N) is 4. The molecule has 4 amide bonds. The molecule has 0 fully saturated rings. The zero-order valence-corrected chi connectivity index (χ0v) is 17.6. The molecule has 0 aliphatic carbocycles. The fraction of sp³-hybridized carbons (Fsp3) is 0.765. The Morgan fingerprint density at radius 3 is 1.86 bits per heavy atom. The van der Waals surface area contributed by atoms with Gasteiger partial charge in [-0.05, 0) is 51.6 Å². The van der Waals surface area contributed by atoms with E-state index in [1.54, 1.807) is 0 Å². The van der Waals surface area contributed by atoms with Gasteiger partial charge in [0.1, 0.15) is 12.1 Å². The summed E-state index contributed by atoms with van der Waals surface area (Å²) in [5.41, 5.74) is 21.8. The maximum atomic E-state index is 12.6. The first kappa shape index (κ1) is 27.1. The van der Waals surface area contributed by atoms with E-state index in [2.05, 4.69) is 28.6 Å². The molecule has 0 unspecified atom stereocenters. The second kappa shape index (κ2) is 16.0. The number of carbonyl (C=O) groups excluding carboxylic acids is 4. The molecule has 11 N–H and O–H groups in total. The Balaban J connectivity index is 4.86. The second-order valence-electron chi connectivity index (χ2n) is 6.66. The fourth-order valence-electron chi connectivity index (χ4n) is 2.44. The van der Waals surface area contributed by atoms with Gasteiger partial charge in [-0.2, -0.15) is 12.6 Å². The van der Waals surface area contributed by atoms with E-state index in [1.807, 2.05) is 0 Å². The Morgan fingerprint density at radius 1 is 0.828 bits per heavy atom. The summed E-state index contributed by atoms with van der Waals surface area (Å²) >= 11 is 3.91. The van der Waals surface area contributed by atoms with Crippen molar-refractivity contribution < 1.29 is 19.2 Å². The van der Waals surface area contributed by atoms with Gasteiger partial charge >= 0.3 is 0 Å². The number of carbonyl (C=O) groups is 4. The molecule has 0 aliphatic heterocycles. The predicted molar refractivity (Wildman–Crippen MR) is 114 cm³/mol. The molecule has 0 aromatic heterocycles. The van der Waals surface area contributed by atoms with Crippen molar-refractivity contribution in [3.63, 3.8) is 0 Å². The predicted octanol–water partition coefficient (Wildman–Crippen LogP) is -2.93. The number of nitrogens with one attached hydrogen (secondary N) is 3. The molecule has 0 bridgehead atoms. The van der Waals surface area contributed by atoms with Gasteiger partial charge in [0.2, 0.25) is 23.6 Å². The lowest BCUT2D eigenvalue weighted by Gasteiger charge is -2.22. The number of rotatable bonds is 16. The summed E-state index contributed by atoms with van der Waals surface area (Å²) in [6.45, 7) is 0.583. The van der Waals surface area contributed by atoms with Crippen LogP contribution in [0, 0.1) is 0 Å². The largest absolute Gasteiger partial charge is 0.368 e. The van der Waals surface area contributed by atoms with Gasteiger partial charge in [-0.15, -0.1) is 0 Å². The lowest BCUT2D eigenvalue weighted by atomic mass is 10.1. The maximum absolute atomic E-state index is 12.6. The van der Waals surface area contributed by atoms with Crippen LogP contribution in [-0.4, -0.2) is 67.1 Å². The minimum Gasteiger partial charge on any atom is -0.368 e. The van der Waals surface area contributed by atoms with Gasteiger partial charge in [-0.1, -0.05) is 0 Å². The lowest BCUT2D eigenvalue weighted by Crippen LogP contribution is -2.54. The molecule has 0 aromatic rings. The van der Waals surface area contributed by atoms with Crippen LogP contribution in [0.3, 0.4) is 0 Å². The van der Waals surface area contributed by atoms with Crippen molar-refractivity contribution in [1.82, 2.24) is 16.0 Å². The summed E-state index contributed by atoms with van der Waals surface area (Å²) in [7, 11) is 0. The highest BCUT2D eigenvalue weighted by Gasteiger charge is 2.25. The average molecular weight is 434 g/mol. The van der Waals surface area contributed by atoms with Crippen LogP contribution >= 0.6 is 12.6 Å². The van der Waals surface area contributed by atoms with Crippen molar-refractivity contribution in [2.75, 3.05) is 25.4 Å². The monoisotopic (exact) mass is 433 g/mol.